The number of hydrogen-bond acceptors (Lipinski definition) is 3. The van der Waals surface area contributed by atoms with E-state index in [4.69, 9.17) is 9.47 Å². The third-order valence-corrected chi connectivity index (χ3v) is 4.04. The van der Waals surface area contributed by atoms with Crippen LogP contribution in [0.25, 0.3) is 0 Å². The third-order valence-electron chi connectivity index (χ3n) is 4.04. The molecule has 0 bridgehead atoms. The number of esters is 1. The van der Waals surface area contributed by atoms with Gasteiger partial charge in [-0.1, -0.05) is 26.0 Å². The predicted molar refractivity (Wildman–Crippen MR) is 92.0 cm³/mol. The Morgan fingerprint density at radius 1 is 1.08 bits per heavy atom. The highest BCUT2D eigenvalue weighted by molar-refractivity contribution is 5.72. The van der Waals surface area contributed by atoms with Crippen molar-refractivity contribution in [3.8, 4) is 11.5 Å². The van der Waals surface area contributed by atoms with E-state index in [1.165, 1.54) is 6.07 Å². The van der Waals surface area contributed by atoms with Gasteiger partial charge in [-0.25, -0.2) is 4.39 Å². The van der Waals surface area contributed by atoms with Gasteiger partial charge in [0.25, 0.3) is 0 Å². The van der Waals surface area contributed by atoms with Gasteiger partial charge >= 0.3 is 5.97 Å². The summed E-state index contributed by atoms with van der Waals surface area (Å²) in [7, 11) is 0. The molecule has 2 aromatic carbocycles. The first kappa shape index (κ1) is 18.0. The van der Waals surface area contributed by atoms with E-state index >= 15 is 0 Å². The molecule has 0 saturated carbocycles. The van der Waals surface area contributed by atoms with Crippen molar-refractivity contribution in [2.45, 2.75) is 47.1 Å². The van der Waals surface area contributed by atoms with E-state index in [1.54, 1.807) is 19.1 Å². The van der Waals surface area contributed by atoms with Crippen LogP contribution in [0.4, 0.5) is 4.39 Å². The van der Waals surface area contributed by atoms with E-state index in [-0.39, 0.29) is 24.1 Å². The second kappa shape index (κ2) is 7.95. The average Bonchev–Trinajstić information content (AvgIpc) is 2.57. The Morgan fingerprint density at radius 3 is 2.46 bits per heavy atom. The lowest BCUT2D eigenvalue weighted by atomic mass is 10.0. The number of carbonyl (C=O) groups excluding carboxylic acids is 1. The lowest BCUT2D eigenvalue weighted by Crippen LogP contribution is -2.10. The number of benzene rings is 2. The van der Waals surface area contributed by atoms with Gasteiger partial charge in [0.2, 0.25) is 0 Å². The summed E-state index contributed by atoms with van der Waals surface area (Å²) in [5.74, 6) is -0.0109. The average molecular weight is 330 g/mol. The van der Waals surface area contributed by atoms with E-state index in [2.05, 4.69) is 0 Å². The highest BCUT2D eigenvalue weighted by atomic mass is 19.1. The van der Waals surface area contributed by atoms with Crippen LogP contribution in [0.2, 0.25) is 0 Å². The van der Waals surface area contributed by atoms with Crippen LogP contribution in [-0.2, 0) is 17.8 Å². The summed E-state index contributed by atoms with van der Waals surface area (Å²) >= 11 is 0. The van der Waals surface area contributed by atoms with Crippen LogP contribution in [-0.4, -0.2) is 5.97 Å². The number of rotatable bonds is 6. The van der Waals surface area contributed by atoms with Gasteiger partial charge < -0.3 is 9.47 Å². The summed E-state index contributed by atoms with van der Waals surface area (Å²) in [5.41, 5.74) is 3.64. The van der Waals surface area contributed by atoms with Crippen LogP contribution in [0.1, 0.15) is 42.5 Å². The van der Waals surface area contributed by atoms with Gasteiger partial charge in [0.05, 0.1) is 0 Å². The van der Waals surface area contributed by atoms with Crippen molar-refractivity contribution in [2.24, 2.45) is 0 Å². The van der Waals surface area contributed by atoms with Crippen molar-refractivity contribution in [3.63, 3.8) is 0 Å². The third kappa shape index (κ3) is 4.13. The molecule has 2 aromatic rings. The lowest BCUT2D eigenvalue weighted by molar-refractivity contribution is -0.134. The minimum Gasteiger partial charge on any atom is -0.486 e. The Kier molecular flexibility index (Phi) is 5.96. The van der Waals surface area contributed by atoms with Gasteiger partial charge in [-0.3, -0.25) is 4.79 Å². The van der Waals surface area contributed by atoms with E-state index in [9.17, 15) is 9.18 Å². The fourth-order valence-electron chi connectivity index (χ4n) is 2.41. The van der Waals surface area contributed by atoms with Crippen LogP contribution in [0.15, 0.2) is 30.3 Å². The number of ether oxygens (including phenoxy) is 2. The molecule has 0 aliphatic carbocycles. The Morgan fingerprint density at radius 2 is 1.79 bits per heavy atom. The Bertz CT molecular complexity index is 738. The molecule has 3 nitrogen and oxygen atoms in total. The minimum atomic E-state index is -0.390. The minimum absolute atomic E-state index is 0.149. The number of halogens is 1. The number of aryl methyl sites for hydroxylation is 3. The zero-order valence-corrected chi connectivity index (χ0v) is 14.6. The Labute approximate surface area is 142 Å². The maximum absolute atomic E-state index is 14.1. The smallest absolute Gasteiger partial charge is 0.310 e. The summed E-state index contributed by atoms with van der Waals surface area (Å²) in [6, 6.07) is 8.70. The molecular formula is C20H23FO3. The van der Waals surface area contributed by atoms with Crippen molar-refractivity contribution < 1.29 is 18.7 Å². The van der Waals surface area contributed by atoms with E-state index in [0.717, 1.165) is 28.7 Å². The van der Waals surface area contributed by atoms with Gasteiger partial charge in [0, 0.05) is 12.0 Å². The maximum Gasteiger partial charge on any atom is 0.310 e. The van der Waals surface area contributed by atoms with Crippen LogP contribution >= 0.6 is 0 Å². The first-order chi connectivity index (χ1) is 11.5. The summed E-state index contributed by atoms with van der Waals surface area (Å²) < 4.78 is 25.1. The summed E-state index contributed by atoms with van der Waals surface area (Å²) in [4.78, 5) is 11.6. The molecule has 0 atom stereocenters. The lowest BCUT2D eigenvalue weighted by Gasteiger charge is -2.15. The van der Waals surface area contributed by atoms with E-state index < -0.39 is 0 Å². The van der Waals surface area contributed by atoms with Crippen LogP contribution < -0.4 is 9.47 Å². The zero-order chi connectivity index (χ0) is 17.7. The Balaban J connectivity index is 2.28. The topological polar surface area (TPSA) is 35.5 Å². The quantitative estimate of drug-likeness (QED) is 0.558. The van der Waals surface area contributed by atoms with Crippen LogP contribution in [0.5, 0.6) is 11.5 Å². The monoisotopic (exact) mass is 330 g/mol. The van der Waals surface area contributed by atoms with Gasteiger partial charge in [-0.2, -0.15) is 0 Å². The maximum atomic E-state index is 14.1. The molecule has 0 saturated heterocycles. The highest BCUT2D eigenvalue weighted by Gasteiger charge is 2.14. The standard InChI is InChI=1S/C20H23FO3/c1-5-15-8-7-9-18(24-20(22)6-2)16(15)12-23-19-11-14(4)13(3)10-17(19)21/h7-11H,5-6,12H2,1-4H3. The second-order valence-electron chi connectivity index (χ2n) is 5.73. The second-order valence-corrected chi connectivity index (χ2v) is 5.73. The molecule has 2 rings (SSSR count). The van der Waals surface area contributed by atoms with Gasteiger partial charge in [-0.05, 0) is 55.2 Å². The molecule has 0 spiro atoms. The van der Waals surface area contributed by atoms with Crippen LogP contribution in [0.3, 0.4) is 0 Å². The van der Waals surface area contributed by atoms with Crippen molar-refractivity contribution in [1.82, 2.24) is 0 Å². The van der Waals surface area contributed by atoms with Crippen LogP contribution in [0, 0.1) is 19.7 Å². The molecule has 0 radical (unpaired) electrons. The van der Waals surface area contributed by atoms with Crippen molar-refractivity contribution >= 4 is 5.97 Å². The van der Waals surface area contributed by atoms with Crippen molar-refractivity contribution in [2.75, 3.05) is 0 Å². The molecule has 0 aliphatic heterocycles. The summed E-state index contributed by atoms with van der Waals surface area (Å²) in [5, 5.41) is 0. The van der Waals surface area contributed by atoms with E-state index in [1.807, 2.05) is 32.9 Å². The Hall–Kier alpha value is -2.36. The molecule has 4 heteroatoms. The van der Waals surface area contributed by atoms with Crippen molar-refractivity contribution in [1.29, 1.82) is 0 Å². The first-order valence-electron chi connectivity index (χ1n) is 8.17. The molecular weight excluding hydrogens is 307 g/mol. The predicted octanol–water partition coefficient (Wildman–Crippen LogP) is 4.90. The van der Waals surface area contributed by atoms with Gasteiger partial charge in [0.15, 0.2) is 11.6 Å². The molecule has 0 aliphatic rings. The number of carbonyl (C=O) groups is 1. The highest BCUT2D eigenvalue weighted by Crippen LogP contribution is 2.27. The summed E-state index contributed by atoms with van der Waals surface area (Å²) in [6.45, 7) is 7.68. The normalized spacial score (nSPS) is 10.5. The fourth-order valence-corrected chi connectivity index (χ4v) is 2.41. The molecule has 0 heterocycles. The van der Waals surface area contributed by atoms with Gasteiger partial charge in [0.1, 0.15) is 12.4 Å². The molecule has 0 unspecified atom stereocenters. The fraction of sp³-hybridized carbons (Fsp3) is 0.350. The molecule has 24 heavy (non-hydrogen) atoms. The first-order valence-corrected chi connectivity index (χ1v) is 8.17. The SMILES string of the molecule is CCC(=O)Oc1cccc(CC)c1COc1cc(C)c(C)cc1F. The van der Waals surface area contributed by atoms with Gasteiger partial charge in [-0.15, -0.1) is 0 Å². The van der Waals surface area contributed by atoms with Crippen molar-refractivity contribution in [3.05, 3.63) is 58.4 Å². The molecule has 0 amide bonds. The molecule has 128 valence electrons. The van der Waals surface area contributed by atoms with E-state index in [0.29, 0.717) is 12.2 Å². The molecule has 0 aromatic heterocycles. The molecule has 0 fully saturated rings. The number of hydrogen-bond donors (Lipinski definition) is 0. The summed E-state index contributed by atoms with van der Waals surface area (Å²) in [6.07, 6.45) is 1.06. The largest absolute Gasteiger partial charge is 0.486 e. The molecule has 0 N–H and O–H groups in total. The zero-order valence-electron chi connectivity index (χ0n) is 14.6.